The van der Waals surface area contributed by atoms with Crippen LogP contribution in [0, 0.1) is 0 Å². The molecule has 1 atom stereocenters. The summed E-state index contributed by atoms with van der Waals surface area (Å²) < 4.78 is 0. The first-order chi connectivity index (χ1) is 11.2. The van der Waals surface area contributed by atoms with Crippen LogP contribution in [-0.2, 0) is 11.2 Å². The zero-order valence-electron chi connectivity index (χ0n) is 13.3. The molecule has 2 nitrogen and oxygen atoms in total. The molecule has 0 bridgehead atoms. The van der Waals surface area contributed by atoms with Crippen molar-refractivity contribution < 1.29 is 4.79 Å². The second-order valence-corrected chi connectivity index (χ2v) is 7.06. The fourth-order valence-corrected chi connectivity index (χ4v) is 3.37. The molecule has 23 heavy (non-hydrogen) atoms. The highest BCUT2D eigenvalue weighted by atomic mass is 35.5. The summed E-state index contributed by atoms with van der Waals surface area (Å²) in [4.78, 5) is 13.4. The minimum absolute atomic E-state index is 0.0621. The van der Waals surface area contributed by atoms with E-state index in [1.807, 2.05) is 49.4 Å². The van der Waals surface area contributed by atoms with Gasteiger partial charge in [0.15, 0.2) is 0 Å². The van der Waals surface area contributed by atoms with Crippen LogP contribution in [0.3, 0.4) is 0 Å². The Labute approximate surface area is 147 Å². The fourth-order valence-electron chi connectivity index (χ4n) is 2.26. The monoisotopic (exact) mass is 347 g/mol. The molecule has 1 N–H and O–H groups in total. The summed E-state index contributed by atoms with van der Waals surface area (Å²) in [6.45, 7) is 2.75. The van der Waals surface area contributed by atoms with Gasteiger partial charge in [-0.3, -0.25) is 4.79 Å². The van der Waals surface area contributed by atoms with Gasteiger partial charge < -0.3 is 5.32 Å². The summed E-state index contributed by atoms with van der Waals surface area (Å²) in [5.41, 5.74) is 1.31. The first-order valence-corrected chi connectivity index (χ1v) is 9.18. The molecule has 0 radical (unpaired) electrons. The molecule has 122 valence electrons. The van der Waals surface area contributed by atoms with Crippen LogP contribution in [0.2, 0.25) is 5.02 Å². The predicted molar refractivity (Wildman–Crippen MR) is 99.2 cm³/mol. The zero-order chi connectivity index (χ0) is 16.5. The first kappa shape index (κ1) is 17.9. The Morgan fingerprint density at radius 3 is 2.48 bits per heavy atom. The lowest BCUT2D eigenvalue weighted by atomic mass is 10.1. The summed E-state index contributed by atoms with van der Waals surface area (Å²) >= 11 is 7.48. The minimum Gasteiger partial charge on any atom is -0.355 e. The molecule has 0 aliphatic heterocycles. The van der Waals surface area contributed by atoms with E-state index in [0.717, 1.165) is 24.2 Å². The number of carbonyl (C=O) groups excluding carboxylic acids is 1. The number of aryl methyl sites for hydroxylation is 1. The number of benzene rings is 2. The average molecular weight is 348 g/mol. The van der Waals surface area contributed by atoms with Gasteiger partial charge in [-0.1, -0.05) is 48.9 Å². The number of halogens is 1. The fraction of sp³-hybridized carbons (Fsp3) is 0.316. The smallest absolute Gasteiger partial charge is 0.233 e. The van der Waals surface area contributed by atoms with Crippen molar-refractivity contribution in [1.82, 2.24) is 5.32 Å². The van der Waals surface area contributed by atoms with Gasteiger partial charge in [-0.2, -0.15) is 0 Å². The average Bonchev–Trinajstić information content (AvgIpc) is 2.59. The van der Waals surface area contributed by atoms with Crippen LogP contribution < -0.4 is 5.32 Å². The highest BCUT2D eigenvalue weighted by molar-refractivity contribution is 8.00. The van der Waals surface area contributed by atoms with E-state index in [1.165, 1.54) is 5.56 Å². The third-order valence-electron chi connectivity index (χ3n) is 3.54. The molecule has 0 spiro atoms. The maximum atomic E-state index is 12.3. The van der Waals surface area contributed by atoms with Crippen LogP contribution in [0.4, 0.5) is 0 Å². The Kier molecular flexibility index (Phi) is 7.50. The molecule has 1 amide bonds. The van der Waals surface area contributed by atoms with Crippen molar-refractivity contribution in [3.05, 3.63) is 65.2 Å². The van der Waals surface area contributed by atoms with Crippen molar-refractivity contribution in [1.29, 1.82) is 0 Å². The Bertz CT molecular complexity index is 601. The van der Waals surface area contributed by atoms with Crippen LogP contribution in [0.15, 0.2) is 59.5 Å². The van der Waals surface area contributed by atoms with Crippen LogP contribution in [0.5, 0.6) is 0 Å². The van der Waals surface area contributed by atoms with Gasteiger partial charge in [-0.15, -0.1) is 11.8 Å². The van der Waals surface area contributed by atoms with E-state index >= 15 is 0 Å². The minimum atomic E-state index is -0.0621. The van der Waals surface area contributed by atoms with Crippen molar-refractivity contribution in [3.63, 3.8) is 0 Å². The van der Waals surface area contributed by atoms with E-state index in [-0.39, 0.29) is 11.2 Å². The van der Waals surface area contributed by atoms with Crippen LogP contribution in [0.1, 0.15) is 25.3 Å². The molecule has 4 heteroatoms. The van der Waals surface area contributed by atoms with Gasteiger partial charge in [0.2, 0.25) is 5.91 Å². The molecule has 0 aliphatic rings. The van der Waals surface area contributed by atoms with E-state index in [2.05, 4.69) is 17.4 Å². The summed E-state index contributed by atoms with van der Waals surface area (Å²) in [5, 5.41) is 3.70. The number of amides is 1. The van der Waals surface area contributed by atoms with Crippen LogP contribution >= 0.6 is 23.4 Å². The Balaban J connectivity index is 1.75. The molecule has 0 heterocycles. The van der Waals surface area contributed by atoms with Gasteiger partial charge >= 0.3 is 0 Å². The number of nitrogens with one attached hydrogen (secondary N) is 1. The lowest BCUT2D eigenvalue weighted by Gasteiger charge is -2.14. The lowest BCUT2D eigenvalue weighted by Crippen LogP contribution is -2.33. The molecule has 2 rings (SSSR count). The molecular formula is C19H22ClNOS. The molecule has 2 aromatic rings. The third-order valence-corrected chi connectivity index (χ3v) is 5.17. The number of thioether (sulfide) groups is 1. The van der Waals surface area contributed by atoms with Crippen molar-refractivity contribution in [2.45, 2.75) is 36.3 Å². The number of hydrogen-bond donors (Lipinski definition) is 1. The predicted octanol–water partition coefficient (Wildman–Crippen LogP) is 4.96. The third kappa shape index (κ3) is 6.28. The zero-order valence-corrected chi connectivity index (χ0v) is 14.9. The molecule has 0 aliphatic carbocycles. The Morgan fingerprint density at radius 1 is 1.13 bits per heavy atom. The first-order valence-electron chi connectivity index (χ1n) is 7.93. The number of hydrogen-bond acceptors (Lipinski definition) is 2. The summed E-state index contributed by atoms with van der Waals surface area (Å²) in [6, 6.07) is 18.0. The highest BCUT2D eigenvalue weighted by Gasteiger charge is 2.17. The van der Waals surface area contributed by atoms with E-state index in [1.54, 1.807) is 11.8 Å². The summed E-state index contributed by atoms with van der Waals surface area (Å²) in [7, 11) is 0. The largest absolute Gasteiger partial charge is 0.355 e. The van der Waals surface area contributed by atoms with Crippen molar-refractivity contribution in [2.75, 3.05) is 6.54 Å². The normalized spacial score (nSPS) is 11.9. The number of carbonyl (C=O) groups is 1. The molecule has 0 unspecified atom stereocenters. The molecule has 0 saturated carbocycles. The molecule has 0 fully saturated rings. The van der Waals surface area contributed by atoms with Gasteiger partial charge in [0.1, 0.15) is 0 Å². The van der Waals surface area contributed by atoms with Gasteiger partial charge in [-0.25, -0.2) is 0 Å². The molecule has 0 saturated heterocycles. The SMILES string of the molecule is CC[C@@H](Sc1ccc(Cl)cc1)C(=O)NCCCc1ccccc1. The van der Waals surface area contributed by atoms with Crippen molar-refractivity contribution in [3.8, 4) is 0 Å². The van der Waals surface area contributed by atoms with Crippen molar-refractivity contribution >= 4 is 29.3 Å². The van der Waals surface area contributed by atoms with E-state index in [4.69, 9.17) is 11.6 Å². The van der Waals surface area contributed by atoms with Crippen LogP contribution in [-0.4, -0.2) is 17.7 Å². The van der Waals surface area contributed by atoms with Gasteiger partial charge in [0, 0.05) is 16.5 Å². The summed E-state index contributed by atoms with van der Waals surface area (Å²) in [5.74, 6) is 0.112. The Hall–Kier alpha value is -1.45. The topological polar surface area (TPSA) is 29.1 Å². The van der Waals surface area contributed by atoms with Gasteiger partial charge in [-0.05, 0) is 49.1 Å². The van der Waals surface area contributed by atoms with E-state index in [0.29, 0.717) is 11.6 Å². The van der Waals surface area contributed by atoms with E-state index in [9.17, 15) is 4.79 Å². The van der Waals surface area contributed by atoms with Gasteiger partial charge in [0.05, 0.1) is 5.25 Å². The summed E-state index contributed by atoms with van der Waals surface area (Å²) in [6.07, 6.45) is 2.75. The van der Waals surface area contributed by atoms with Crippen LogP contribution in [0.25, 0.3) is 0 Å². The molecular weight excluding hydrogens is 326 g/mol. The number of rotatable bonds is 8. The van der Waals surface area contributed by atoms with E-state index < -0.39 is 0 Å². The standard InChI is InChI=1S/C19H22ClNOS/c1-2-18(23-17-12-10-16(20)11-13-17)19(22)21-14-6-9-15-7-4-3-5-8-15/h3-5,7-8,10-13,18H,2,6,9,14H2,1H3,(H,21,22)/t18-/m1/s1. The molecule has 2 aromatic carbocycles. The second-order valence-electron chi connectivity index (χ2n) is 5.35. The quantitative estimate of drug-likeness (QED) is 0.540. The highest BCUT2D eigenvalue weighted by Crippen LogP contribution is 2.26. The maximum absolute atomic E-state index is 12.3. The maximum Gasteiger partial charge on any atom is 0.233 e. The molecule has 0 aromatic heterocycles. The van der Waals surface area contributed by atoms with Gasteiger partial charge in [0.25, 0.3) is 0 Å². The van der Waals surface area contributed by atoms with Crippen molar-refractivity contribution in [2.24, 2.45) is 0 Å². The second kappa shape index (κ2) is 9.64. The lowest BCUT2D eigenvalue weighted by molar-refractivity contribution is -0.120. The Morgan fingerprint density at radius 2 is 1.83 bits per heavy atom.